The Morgan fingerprint density at radius 2 is 1.59 bits per heavy atom. The monoisotopic (exact) mass is 426 g/mol. The van der Waals surface area contributed by atoms with Crippen LogP contribution < -0.4 is 15.0 Å². The summed E-state index contributed by atoms with van der Waals surface area (Å²) in [6.45, 7) is 4.18. The minimum Gasteiger partial charge on any atom is -0.488 e. The molecule has 0 unspecified atom stereocenters. The molecule has 0 aliphatic carbocycles. The normalized spacial score (nSPS) is 15.1. The topological polar surface area (TPSA) is 75.7 Å². The molecule has 4 rings (SSSR count). The molecular formula is C26H22N2O4. The predicted octanol–water partition coefficient (Wildman–Crippen LogP) is 4.55. The molecule has 4 amide bonds. The number of anilines is 1. The van der Waals surface area contributed by atoms with Gasteiger partial charge in [0.2, 0.25) is 0 Å². The van der Waals surface area contributed by atoms with Gasteiger partial charge >= 0.3 is 6.03 Å². The van der Waals surface area contributed by atoms with Gasteiger partial charge in [0.25, 0.3) is 11.8 Å². The number of aryl methyl sites for hydroxylation is 2. The van der Waals surface area contributed by atoms with Crippen molar-refractivity contribution in [3.8, 4) is 5.75 Å². The molecule has 6 heteroatoms. The molecule has 1 aliphatic heterocycles. The summed E-state index contributed by atoms with van der Waals surface area (Å²) in [6.07, 6.45) is 1.46. The highest BCUT2D eigenvalue weighted by molar-refractivity contribution is 6.39. The summed E-state index contributed by atoms with van der Waals surface area (Å²) in [5, 5.41) is 2.26. The molecule has 0 aromatic heterocycles. The molecule has 1 N–H and O–H groups in total. The summed E-state index contributed by atoms with van der Waals surface area (Å²) >= 11 is 0. The predicted molar refractivity (Wildman–Crippen MR) is 122 cm³/mol. The fourth-order valence-electron chi connectivity index (χ4n) is 3.38. The first kappa shape index (κ1) is 21.1. The van der Waals surface area contributed by atoms with E-state index in [4.69, 9.17) is 4.74 Å². The number of rotatable bonds is 5. The number of carbonyl (C=O) groups is 3. The van der Waals surface area contributed by atoms with E-state index in [9.17, 15) is 14.4 Å². The van der Waals surface area contributed by atoms with Crippen molar-refractivity contribution in [2.75, 3.05) is 4.90 Å². The second kappa shape index (κ2) is 8.89. The third-order valence-corrected chi connectivity index (χ3v) is 5.31. The van der Waals surface area contributed by atoms with E-state index in [-0.39, 0.29) is 5.57 Å². The van der Waals surface area contributed by atoms with Gasteiger partial charge in [-0.2, -0.15) is 0 Å². The van der Waals surface area contributed by atoms with E-state index < -0.39 is 17.8 Å². The van der Waals surface area contributed by atoms with Gasteiger partial charge in [-0.15, -0.1) is 0 Å². The van der Waals surface area contributed by atoms with E-state index in [0.717, 1.165) is 21.6 Å². The van der Waals surface area contributed by atoms with Crippen molar-refractivity contribution >= 4 is 29.6 Å². The van der Waals surface area contributed by atoms with Gasteiger partial charge < -0.3 is 4.74 Å². The fraction of sp³-hybridized carbons (Fsp3) is 0.115. The first-order valence-corrected chi connectivity index (χ1v) is 10.2. The maximum Gasteiger partial charge on any atom is 0.335 e. The van der Waals surface area contributed by atoms with Crippen LogP contribution in [0.4, 0.5) is 10.5 Å². The van der Waals surface area contributed by atoms with Gasteiger partial charge in [0.05, 0.1) is 5.69 Å². The quantitative estimate of drug-likeness (QED) is 0.480. The Balaban J connectivity index is 1.65. The van der Waals surface area contributed by atoms with Crippen molar-refractivity contribution < 1.29 is 19.1 Å². The Morgan fingerprint density at radius 3 is 2.34 bits per heavy atom. The zero-order valence-corrected chi connectivity index (χ0v) is 17.8. The van der Waals surface area contributed by atoms with E-state index in [1.165, 1.54) is 6.08 Å². The molecule has 3 aromatic rings. The van der Waals surface area contributed by atoms with Gasteiger partial charge in [-0.1, -0.05) is 54.6 Å². The summed E-state index contributed by atoms with van der Waals surface area (Å²) in [5.41, 5.74) is 3.80. The van der Waals surface area contributed by atoms with Crippen molar-refractivity contribution in [1.29, 1.82) is 0 Å². The van der Waals surface area contributed by atoms with E-state index in [1.807, 2.05) is 56.3 Å². The fourth-order valence-corrected chi connectivity index (χ4v) is 3.38. The summed E-state index contributed by atoms with van der Waals surface area (Å²) < 4.78 is 5.93. The van der Waals surface area contributed by atoms with Crippen molar-refractivity contribution in [2.45, 2.75) is 20.5 Å². The molecule has 160 valence electrons. The van der Waals surface area contributed by atoms with Crippen LogP contribution in [-0.4, -0.2) is 17.8 Å². The maximum absolute atomic E-state index is 13.2. The number of benzene rings is 3. The molecule has 3 aromatic carbocycles. The molecule has 1 heterocycles. The van der Waals surface area contributed by atoms with E-state index in [0.29, 0.717) is 23.6 Å². The highest BCUT2D eigenvalue weighted by atomic mass is 16.5. The van der Waals surface area contributed by atoms with E-state index >= 15 is 0 Å². The van der Waals surface area contributed by atoms with Gasteiger partial charge in [0.15, 0.2) is 0 Å². The molecule has 1 fully saturated rings. The molecule has 0 saturated carbocycles. The van der Waals surface area contributed by atoms with Crippen molar-refractivity contribution in [2.24, 2.45) is 0 Å². The molecule has 0 bridgehead atoms. The molecular weight excluding hydrogens is 404 g/mol. The van der Waals surface area contributed by atoms with Gasteiger partial charge in [-0.05, 0) is 54.8 Å². The third kappa shape index (κ3) is 4.30. The Labute approximate surface area is 186 Å². The summed E-state index contributed by atoms with van der Waals surface area (Å²) in [6, 6.07) is 21.3. The number of nitrogens with one attached hydrogen (secondary N) is 1. The molecule has 1 aliphatic rings. The minimum atomic E-state index is -0.769. The summed E-state index contributed by atoms with van der Waals surface area (Å²) in [5.74, 6) is -0.892. The second-order valence-electron chi connectivity index (χ2n) is 7.54. The molecule has 1 saturated heterocycles. The van der Waals surface area contributed by atoms with Crippen molar-refractivity contribution in [3.63, 3.8) is 0 Å². The van der Waals surface area contributed by atoms with Crippen LogP contribution in [0.5, 0.6) is 5.75 Å². The first-order chi connectivity index (χ1) is 15.4. The lowest BCUT2D eigenvalue weighted by Crippen LogP contribution is -2.54. The van der Waals surface area contributed by atoms with Gasteiger partial charge in [0, 0.05) is 5.56 Å². The Morgan fingerprint density at radius 1 is 0.875 bits per heavy atom. The van der Waals surface area contributed by atoms with E-state index in [1.54, 1.807) is 30.3 Å². The standard InChI is InChI=1S/C26H22N2O4/c1-17-12-13-21(14-18(17)2)28-25(30)22(24(29)27-26(28)31)15-20-10-6-7-11-23(20)32-16-19-8-4-3-5-9-19/h3-15H,16H2,1-2H3,(H,27,29,31)/b22-15+. The molecule has 0 atom stereocenters. The zero-order chi connectivity index (χ0) is 22.7. The third-order valence-electron chi connectivity index (χ3n) is 5.31. The lowest BCUT2D eigenvalue weighted by Gasteiger charge is -2.27. The number of barbiturate groups is 1. The first-order valence-electron chi connectivity index (χ1n) is 10.2. The van der Waals surface area contributed by atoms with Crippen LogP contribution >= 0.6 is 0 Å². The number of hydrogen-bond donors (Lipinski definition) is 1. The van der Waals surface area contributed by atoms with Crippen molar-refractivity contribution in [3.05, 3.63) is 101 Å². The van der Waals surface area contributed by atoms with Crippen LogP contribution in [0.3, 0.4) is 0 Å². The van der Waals surface area contributed by atoms with Gasteiger partial charge in [0.1, 0.15) is 17.9 Å². The number of hydrogen-bond acceptors (Lipinski definition) is 4. The van der Waals surface area contributed by atoms with Crippen LogP contribution in [0.2, 0.25) is 0 Å². The molecule has 6 nitrogen and oxygen atoms in total. The Bertz CT molecular complexity index is 1230. The van der Waals surface area contributed by atoms with Crippen LogP contribution in [0, 0.1) is 13.8 Å². The zero-order valence-electron chi connectivity index (χ0n) is 17.8. The molecule has 0 spiro atoms. The number of para-hydroxylation sites is 1. The van der Waals surface area contributed by atoms with Crippen LogP contribution in [0.25, 0.3) is 6.08 Å². The second-order valence-corrected chi connectivity index (χ2v) is 7.54. The lowest BCUT2D eigenvalue weighted by atomic mass is 10.0. The Kier molecular flexibility index (Phi) is 5.85. The largest absolute Gasteiger partial charge is 0.488 e. The lowest BCUT2D eigenvalue weighted by molar-refractivity contribution is -0.122. The van der Waals surface area contributed by atoms with E-state index in [2.05, 4.69) is 5.32 Å². The van der Waals surface area contributed by atoms with Gasteiger partial charge in [-0.25, -0.2) is 9.69 Å². The maximum atomic E-state index is 13.2. The smallest absolute Gasteiger partial charge is 0.335 e. The SMILES string of the molecule is Cc1ccc(N2C(=O)NC(=O)/C(=C\c3ccccc3OCc3ccccc3)C2=O)cc1C. The highest BCUT2D eigenvalue weighted by Gasteiger charge is 2.37. The minimum absolute atomic E-state index is 0.140. The van der Waals surface area contributed by atoms with Crippen LogP contribution in [-0.2, 0) is 16.2 Å². The number of nitrogens with zero attached hydrogens (tertiary/aromatic N) is 1. The van der Waals surface area contributed by atoms with Crippen LogP contribution in [0.1, 0.15) is 22.3 Å². The average Bonchev–Trinajstić information content (AvgIpc) is 2.79. The Hall–Kier alpha value is -4.19. The van der Waals surface area contributed by atoms with Gasteiger partial charge in [-0.3, -0.25) is 14.9 Å². The number of carbonyl (C=O) groups excluding carboxylic acids is 3. The average molecular weight is 426 g/mol. The highest BCUT2D eigenvalue weighted by Crippen LogP contribution is 2.27. The molecule has 0 radical (unpaired) electrons. The number of amides is 4. The molecule has 32 heavy (non-hydrogen) atoms. The summed E-state index contributed by atoms with van der Waals surface area (Å²) in [4.78, 5) is 39.1. The van der Waals surface area contributed by atoms with Crippen molar-refractivity contribution in [1.82, 2.24) is 5.32 Å². The number of urea groups is 1. The number of ether oxygens (including phenoxy) is 1. The van der Waals surface area contributed by atoms with Crippen LogP contribution in [0.15, 0.2) is 78.4 Å². The number of imide groups is 2. The summed E-state index contributed by atoms with van der Waals surface area (Å²) in [7, 11) is 0.